The molecule has 2 fully saturated rings. The Balaban J connectivity index is 1.84. The molecule has 3 rings (SSSR count). The zero-order chi connectivity index (χ0) is 12.5. The van der Waals surface area contributed by atoms with Crippen molar-refractivity contribution in [3.05, 3.63) is 12.4 Å². The van der Waals surface area contributed by atoms with Gasteiger partial charge in [-0.15, -0.1) is 0 Å². The molecule has 2 aliphatic rings. The Morgan fingerprint density at radius 1 is 1.33 bits per heavy atom. The highest BCUT2D eigenvalue weighted by Crippen LogP contribution is 2.38. The molecule has 5 nitrogen and oxygen atoms in total. The zero-order valence-corrected chi connectivity index (χ0v) is 10.6. The van der Waals surface area contributed by atoms with Crippen molar-refractivity contribution in [3.63, 3.8) is 0 Å². The van der Waals surface area contributed by atoms with Crippen LogP contribution in [0.3, 0.4) is 0 Å². The van der Waals surface area contributed by atoms with Crippen molar-refractivity contribution >= 4 is 5.82 Å². The van der Waals surface area contributed by atoms with Crippen molar-refractivity contribution in [2.75, 3.05) is 11.5 Å². The maximum absolute atomic E-state index is 9.81. The summed E-state index contributed by atoms with van der Waals surface area (Å²) in [4.78, 5) is 10.8. The van der Waals surface area contributed by atoms with E-state index in [1.165, 1.54) is 0 Å². The summed E-state index contributed by atoms with van der Waals surface area (Å²) in [6.07, 6.45) is 5.41. The van der Waals surface area contributed by atoms with Gasteiger partial charge in [-0.25, -0.2) is 9.97 Å². The molecule has 1 aromatic rings. The van der Waals surface area contributed by atoms with Gasteiger partial charge in [0.2, 0.25) is 5.88 Å². The van der Waals surface area contributed by atoms with Crippen LogP contribution in [0, 0.1) is 0 Å². The number of aliphatic hydroxyl groups excluding tert-OH is 1. The van der Waals surface area contributed by atoms with Crippen LogP contribution >= 0.6 is 0 Å². The number of piperidine rings is 1. The number of hydrogen-bond acceptors (Lipinski definition) is 5. The van der Waals surface area contributed by atoms with Crippen LogP contribution in [0.4, 0.5) is 5.82 Å². The van der Waals surface area contributed by atoms with E-state index in [0.29, 0.717) is 24.6 Å². The van der Waals surface area contributed by atoms with E-state index >= 15 is 0 Å². The first-order chi connectivity index (χ1) is 8.78. The van der Waals surface area contributed by atoms with E-state index in [2.05, 4.69) is 14.9 Å². The number of hydrogen-bond donors (Lipinski definition) is 1. The van der Waals surface area contributed by atoms with Gasteiger partial charge in [0.1, 0.15) is 12.1 Å². The minimum absolute atomic E-state index is 0.146. The second-order valence-corrected chi connectivity index (χ2v) is 5.06. The molecule has 2 saturated heterocycles. The molecule has 1 aromatic heterocycles. The number of nitrogens with zero attached hydrogens (tertiary/aromatic N) is 3. The average molecular weight is 249 g/mol. The Kier molecular flexibility index (Phi) is 3.07. The minimum atomic E-state index is -0.146. The lowest BCUT2D eigenvalue weighted by Crippen LogP contribution is -2.45. The van der Waals surface area contributed by atoms with E-state index < -0.39 is 0 Å². The van der Waals surface area contributed by atoms with Gasteiger partial charge in [-0.05, 0) is 32.6 Å². The molecule has 0 aromatic carbocycles. The monoisotopic (exact) mass is 249 g/mol. The fourth-order valence-corrected chi connectivity index (χ4v) is 3.22. The van der Waals surface area contributed by atoms with E-state index in [0.717, 1.165) is 31.5 Å². The van der Waals surface area contributed by atoms with Gasteiger partial charge in [0.05, 0.1) is 12.7 Å². The maximum atomic E-state index is 9.81. The zero-order valence-electron chi connectivity index (χ0n) is 10.6. The maximum Gasteiger partial charge on any atom is 0.218 e. The summed E-state index contributed by atoms with van der Waals surface area (Å²) in [5.74, 6) is 1.57. The molecular weight excluding hydrogens is 230 g/mol. The molecule has 2 bridgehead atoms. The molecule has 2 atom stereocenters. The topological polar surface area (TPSA) is 58.5 Å². The van der Waals surface area contributed by atoms with Gasteiger partial charge in [0, 0.05) is 18.2 Å². The second-order valence-electron chi connectivity index (χ2n) is 5.06. The normalized spacial score (nSPS) is 30.6. The van der Waals surface area contributed by atoms with Crippen molar-refractivity contribution in [3.8, 4) is 5.88 Å². The lowest BCUT2D eigenvalue weighted by Gasteiger charge is -2.38. The number of aliphatic hydroxyl groups is 1. The van der Waals surface area contributed by atoms with Crippen LogP contribution in [-0.2, 0) is 0 Å². The van der Waals surface area contributed by atoms with Crippen LogP contribution in [0.15, 0.2) is 12.4 Å². The highest BCUT2D eigenvalue weighted by molar-refractivity contribution is 5.45. The average Bonchev–Trinajstić information content (AvgIpc) is 2.63. The molecule has 0 radical (unpaired) electrons. The summed E-state index contributed by atoms with van der Waals surface area (Å²) in [5.41, 5.74) is 0. The third-order valence-electron chi connectivity index (χ3n) is 3.89. The fourth-order valence-electron chi connectivity index (χ4n) is 3.22. The van der Waals surface area contributed by atoms with Crippen molar-refractivity contribution in [2.45, 2.75) is 50.8 Å². The molecule has 0 amide bonds. The smallest absolute Gasteiger partial charge is 0.218 e. The van der Waals surface area contributed by atoms with Gasteiger partial charge in [0.25, 0.3) is 0 Å². The van der Waals surface area contributed by atoms with E-state index in [4.69, 9.17) is 4.74 Å². The summed E-state index contributed by atoms with van der Waals surface area (Å²) in [5, 5.41) is 9.81. The van der Waals surface area contributed by atoms with Gasteiger partial charge < -0.3 is 14.7 Å². The summed E-state index contributed by atoms with van der Waals surface area (Å²) in [6.45, 7) is 2.56. The second kappa shape index (κ2) is 4.72. The Morgan fingerprint density at radius 2 is 2.06 bits per heavy atom. The molecule has 3 heterocycles. The largest absolute Gasteiger partial charge is 0.478 e. The third kappa shape index (κ3) is 2.03. The Hall–Kier alpha value is -1.36. The molecule has 2 unspecified atom stereocenters. The molecule has 0 spiro atoms. The Morgan fingerprint density at radius 3 is 2.72 bits per heavy atom. The molecule has 0 saturated carbocycles. The number of fused-ring (bicyclic) bond motifs is 2. The first-order valence-corrected chi connectivity index (χ1v) is 6.69. The van der Waals surface area contributed by atoms with Gasteiger partial charge in [0.15, 0.2) is 0 Å². The van der Waals surface area contributed by atoms with Gasteiger partial charge in [-0.3, -0.25) is 0 Å². The highest BCUT2D eigenvalue weighted by atomic mass is 16.5. The number of aromatic nitrogens is 2. The van der Waals surface area contributed by atoms with Crippen LogP contribution in [0.5, 0.6) is 5.88 Å². The molecule has 2 aliphatic heterocycles. The summed E-state index contributed by atoms with van der Waals surface area (Å²) in [6, 6.07) is 2.75. The minimum Gasteiger partial charge on any atom is -0.478 e. The first kappa shape index (κ1) is 11.7. The number of anilines is 1. The lowest BCUT2D eigenvalue weighted by atomic mass is 10.00. The predicted molar refractivity (Wildman–Crippen MR) is 67.7 cm³/mol. The van der Waals surface area contributed by atoms with Crippen molar-refractivity contribution in [2.24, 2.45) is 0 Å². The summed E-state index contributed by atoms with van der Waals surface area (Å²) >= 11 is 0. The summed E-state index contributed by atoms with van der Waals surface area (Å²) in [7, 11) is 0. The molecule has 0 aliphatic carbocycles. The van der Waals surface area contributed by atoms with Crippen molar-refractivity contribution < 1.29 is 9.84 Å². The van der Waals surface area contributed by atoms with Crippen LogP contribution in [0.25, 0.3) is 0 Å². The fraction of sp³-hybridized carbons (Fsp3) is 0.692. The van der Waals surface area contributed by atoms with Gasteiger partial charge in [-0.1, -0.05) is 0 Å². The molecule has 98 valence electrons. The van der Waals surface area contributed by atoms with Crippen molar-refractivity contribution in [1.82, 2.24) is 9.97 Å². The number of rotatable bonds is 3. The third-order valence-corrected chi connectivity index (χ3v) is 3.89. The molecule has 18 heavy (non-hydrogen) atoms. The van der Waals surface area contributed by atoms with Crippen LogP contribution in [0.2, 0.25) is 0 Å². The SMILES string of the molecule is CCOc1cc(N2C3CCC2CC(O)C3)ncn1. The molecular formula is C13H19N3O2. The van der Waals surface area contributed by atoms with Crippen LogP contribution in [-0.4, -0.2) is 39.9 Å². The Labute approximate surface area is 107 Å². The van der Waals surface area contributed by atoms with E-state index in [1.54, 1.807) is 6.33 Å². The highest BCUT2D eigenvalue weighted by Gasteiger charge is 2.40. The standard InChI is InChI=1S/C13H19N3O2/c1-2-18-13-7-12(14-8-15-13)16-9-3-4-10(16)6-11(17)5-9/h7-11,17H,2-6H2,1H3. The van der Waals surface area contributed by atoms with Gasteiger partial charge in [-0.2, -0.15) is 0 Å². The lowest BCUT2D eigenvalue weighted by molar-refractivity contribution is 0.126. The van der Waals surface area contributed by atoms with E-state index in [9.17, 15) is 5.11 Å². The van der Waals surface area contributed by atoms with E-state index in [1.807, 2.05) is 13.0 Å². The number of ether oxygens (including phenoxy) is 1. The summed E-state index contributed by atoms with van der Waals surface area (Å²) < 4.78 is 5.42. The van der Waals surface area contributed by atoms with Gasteiger partial charge >= 0.3 is 0 Å². The molecule has 1 N–H and O–H groups in total. The van der Waals surface area contributed by atoms with Crippen molar-refractivity contribution in [1.29, 1.82) is 0 Å². The predicted octanol–water partition coefficient (Wildman–Crippen LogP) is 1.37. The first-order valence-electron chi connectivity index (χ1n) is 6.69. The van der Waals surface area contributed by atoms with E-state index in [-0.39, 0.29) is 6.10 Å². The molecule has 5 heteroatoms. The quantitative estimate of drug-likeness (QED) is 0.876. The van der Waals surface area contributed by atoms with Crippen LogP contribution in [0.1, 0.15) is 32.6 Å². The van der Waals surface area contributed by atoms with Crippen LogP contribution < -0.4 is 9.64 Å². The Bertz CT molecular complexity index is 412.